The fraction of sp³-hybridized carbons (Fsp3) is 0. The van der Waals surface area contributed by atoms with Gasteiger partial charge in [-0.15, -0.1) is 0 Å². The lowest BCUT2D eigenvalue weighted by atomic mass is 9.98. The molecule has 0 aliphatic carbocycles. The number of ether oxygens (including phenoxy) is 1. The van der Waals surface area contributed by atoms with E-state index < -0.39 is 0 Å². The minimum absolute atomic E-state index is 0.614. The molecular formula is C48H26N4O2. The lowest BCUT2D eigenvalue weighted by Gasteiger charge is -2.22. The zero-order valence-corrected chi connectivity index (χ0v) is 28.6. The number of fused-ring (bicyclic) bond motifs is 15. The molecule has 0 N–H and O–H groups in total. The Morgan fingerprint density at radius 3 is 2.11 bits per heavy atom. The van der Waals surface area contributed by atoms with Gasteiger partial charge in [0.05, 0.1) is 44.0 Å². The maximum Gasteiger partial charge on any atom is 0.235 e. The van der Waals surface area contributed by atoms with E-state index in [0.717, 1.165) is 116 Å². The SMILES string of the molecule is c1ccc(-n2c3ccc4c5ccccc5oc4c3c3ccc4c(c5ccccc5n4-c4nc5c6c(c7ccccc7cc6n4)Oc4ccccc4-5)c32)cc1. The van der Waals surface area contributed by atoms with Crippen LogP contribution < -0.4 is 4.74 Å². The Morgan fingerprint density at radius 2 is 1.20 bits per heavy atom. The van der Waals surface area contributed by atoms with E-state index in [4.69, 9.17) is 19.1 Å². The summed E-state index contributed by atoms with van der Waals surface area (Å²) in [5.74, 6) is 2.21. The Labute approximate surface area is 306 Å². The molecule has 1 aliphatic rings. The summed E-state index contributed by atoms with van der Waals surface area (Å²) in [6, 6.07) is 55.1. The molecule has 0 fully saturated rings. The number of hydrogen-bond donors (Lipinski definition) is 0. The van der Waals surface area contributed by atoms with Crippen LogP contribution >= 0.6 is 0 Å². The Hall–Kier alpha value is -7.44. The minimum Gasteiger partial charge on any atom is -0.455 e. The fourth-order valence-electron chi connectivity index (χ4n) is 9.05. The van der Waals surface area contributed by atoms with Gasteiger partial charge in [-0.3, -0.25) is 4.57 Å². The quantitative estimate of drug-likeness (QED) is 0.169. The molecule has 8 aromatic carbocycles. The van der Waals surface area contributed by atoms with E-state index in [2.05, 4.69) is 143 Å². The third-order valence-electron chi connectivity index (χ3n) is 11.3. The van der Waals surface area contributed by atoms with Crippen LogP contribution in [-0.2, 0) is 0 Å². The van der Waals surface area contributed by atoms with Crippen LogP contribution in [0.5, 0.6) is 11.5 Å². The van der Waals surface area contributed by atoms with E-state index in [-0.39, 0.29) is 0 Å². The van der Waals surface area contributed by atoms with E-state index in [1.807, 2.05) is 24.3 Å². The molecule has 1 aliphatic heterocycles. The zero-order chi connectivity index (χ0) is 35.1. The number of nitrogens with zero attached hydrogens (tertiary/aromatic N) is 4. The molecule has 0 radical (unpaired) electrons. The molecule has 0 spiro atoms. The number of furan rings is 1. The predicted octanol–water partition coefficient (Wildman–Crippen LogP) is 12.6. The third kappa shape index (κ3) is 3.54. The molecule has 5 heterocycles. The standard InChI is InChI=1S/C48H26N4O2/c1-2-13-28(14-3-1)51-38-24-22-31-30-16-7-10-20-39(30)53-47(31)42(38)34-23-25-37-41(45(34)51)32-17-6-9-19-36(32)52(37)48-49-35-26-27-12-4-5-15-29(27)46-43(35)44(50-48)33-18-8-11-21-40(33)54-46/h1-26H. The number of hydrogen-bond acceptors (Lipinski definition) is 4. The smallest absolute Gasteiger partial charge is 0.235 e. The molecule has 0 amide bonds. The second kappa shape index (κ2) is 10.1. The second-order valence-corrected chi connectivity index (χ2v) is 14.1. The molecule has 0 bridgehead atoms. The van der Waals surface area contributed by atoms with Gasteiger partial charge in [-0.25, -0.2) is 9.97 Å². The average molecular weight is 691 g/mol. The van der Waals surface area contributed by atoms with Crippen molar-refractivity contribution in [1.82, 2.24) is 19.1 Å². The van der Waals surface area contributed by atoms with Crippen molar-refractivity contribution in [2.45, 2.75) is 0 Å². The molecule has 0 unspecified atom stereocenters. The number of rotatable bonds is 2. The largest absolute Gasteiger partial charge is 0.455 e. The molecule has 13 rings (SSSR count). The molecule has 6 heteroatoms. The van der Waals surface area contributed by atoms with E-state index >= 15 is 0 Å². The van der Waals surface area contributed by atoms with Crippen molar-refractivity contribution in [2.24, 2.45) is 0 Å². The van der Waals surface area contributed by atoms with Crippen LogP contribution in [0.2, 0.25) is 0 Å². The average Bonchev–Trinajstić information content (AvgIpc) is 3.89. The lowest BCUT2D eigenvalue weighted by molar-refractivity contribution is 0.491. The highest BCUT2D eigenvalue weighted by atomic mass is 16.5. The number of benzene rings is 8. The molecule has 0 atom stereocenters. The van der Waals surface area contributed by atoms with Gasteiger partial charge in [-0.05, 0) is 72.1 Å². The van der Waals surface area contributed by atoms with Crippen molar-refractivity contribution in [3.8, 4) is 34.4 Å². The van der Waals surface area contributed by atoms with Crippen molar-refractivity contribution >= 4 is 87.2 Å². The Balaban J connectivity index is 1.20. The monoisotopic (exact) mass is 690 g/mol. The summed E-state index contributed by atoms with van der Waals surface area (Å²) >= 11 is 0. The van der Waals surface area contributed by atoms with Gasteiger partial charge in [0.25, 0.3) is 0 Å². The van der Waals surface area contributed by atoms with Crippen LogP contribution in [0.3, 0.4) is 0 Å². The Bertz CT molecular complexity index is 3590. The van der Waals surface area contributed by atoms with Gasteiger partial charge < -0.3 is 13.7 Å². The number of aromatic nitrogens is 4. The summed E-state index contributed by atoms with van der Waals surface area (Å²) in [5.41, 5.74) is 9.81. The highest BCUT2D eigenvalue weighted by molar-refractivity contribution is 6.31. The summed E-state index contributed by atoms with van der Waals surface area (Å²) in [4.78, 5) is 10.8. The van der Waals surface area contributed by atoms with Crippen molar-refractivity contribution < 1.29 is 9.15 Å². The van der Waals surface area contributed by atoms with Gasteiger partial charge in [0, 0.05) is 43.6 Å². The molecule has 6 nitrogen and oxygen atoms in total. The molecule has 12 aromatic rings. The molecule has 0 saturated carbocycles. The van der Waals surface area contributed by atoms with Crippen molar-refractivity contribution in [2.75, 3.05) is 0 Å². The summed E-state index contributed by atoms with van der Waals surface area (Å²) in [7, 11) is 0. The van der Waals surface area contributed by atoms with Crippen LogP contribution in [0.1, 0.15) is 0 Å². The molecule has 4 aromatic heterocycles. The van der Waals surface area contributed by atoms with Crippen LogP contribution in [0, 0.1) is 0 Å². The zero-order valence-electron chi connectivity index (χ0n) is 28.6. The Morgan fingerprint density at radius 1 is 0.481 bits per heavy atom. The van der Waals surface area contributed by atoms with Crippen LogP contribution in [-0.4, -0.2) is 19.1 Å². The van der Waals surface area contributed by atoms with Crippen molar-refractivity contribution in [1.29, 1.82) is 0 Å². The highest BCUT2D eigenvalue weighted by Crippen LogP contribution is 2.50. The van der Waals surface area contributed by atoms with E-state index in [9.17, 15) is 0 Å². The first-order chi connectivity index (χ1) is 26.8. The summed E-state index contributed by atoms with van der Waals surface area (Å²) in [5, 5.41) is 9.77. The van der Waals surface area contributed by atoms with Crippen LogP contribution in [0.4, 0.5) is 0 Å². The van der Waals surface area contributed by atoms with E-state index in [1.165, 1.54) is 0 Å². The summed E-state index contributed by atoms with van der Waals surface area (Å²) in [6.45, 7) is 0. The van der Waals surface area contributed by atoms with Crippen molar-refractivity contribution in [3.05, 3.63) is 158 Å². The predicted molar refractivity (Wildman–Crippen MR) is 219 cm³/mol. The summed E-state index contributed by atoms with van der Waals surface area (Å²) in [6.07, 6.45) is 0. The van der Waals surface area contributed by atoms with Crippen LogP contribution in [0.25, 0.3) is 110 Å². The normalized spacial score (nSPS) is 12.6. The first-order valence-electron chi connectivity index (χ1n) is 18.2. The molecule has 250 valence electrons. The van der Waals surface area contributed by atoms with E-state index in [1.54, 1.807) is 0 Å². The van der Waals surface area contributed by atoms with Gasteiger partial charge >= 0.3 is 0 Å². The van der Waals surface area contributed by atoms with Gasteiger partial charge in [-0.2, -0.15) is 0 Å². The summed E-state index contributed by atoms with van der Waals surface area (Å²) < 4.78 is 17.9. The maximum atomic E-state index is 6.69. The number of para-hydroxylation sites is 4. The van der Waals surface area contributed by atoms with Gasteiger partial charge in [0.15, 0.2) is 0 Å². The van der Waals surface area contributed by atoms with Gasteiger partial charge in [0.2, 0.25) is 5.95 Å². The second-order valence-electron chi connectivity index (χ2n) is 14.1. The van der Waals surface area contributed by atoms with Gasteiger partial charge in [-0.1, -0.05) is 91.0 Å². The molecular weight excluding hydrogens is 665 g/mol. The third-order valence-corrected chi connectivity index (χ3v) is 11.3. The Kier molecular flexibility index (Phi) is 5.28. The van der Waals surface area contributed by atoms with Crippen molar-refractivity contribution in [3.63, 3.8) is 0 Å². The first-order valence-corrected chi connectivity index (χ1v) is 18.2. The molecule has 0 saturated heterocycles. The maximum absolute atomic E-state index is 6.69. The fourth-order valence-corrected chi connectivity index (χ4v) is 9.05. The first kappa shape index (κ1) is 28.2. The topological polar surface area (TPSA) is 58.0 Å². The van der Waals surface area contributed by atoms with E-state index in [0.29, 0.717) is 5.95 Å². The molecule has 54 heavy (non-hydrogen) atoms. The van der Waals surface area contributed by atoms with Gasteiger partial charge in [0.1, 0.15) is 22.7 Å². The highest BCUT2D eigenvalue weighted by Gasteiger charge is 2.28. The minimum atomic E-state index is 0.614. The lowest BCUT2D eigenvalue weighted by Crippen LogP contribution is -2.07. The van der Waals surface area contributed by atoms with Crippen LogP contribution in [0.15, 0.2) is 162 Å².